The molecule has 0 aliphatic carbocycles. The monoisotopic (exact) mass is 349 g/mol. The van der Waals surface area contributed by atoms with Crippen molar-refractivity contribution in [3.63, 3.8) is 0 Å². The number of hydrogen-bond donors (Lipinski definition) is 3. The largest absolute Gasteiger partial charge is 0.409 e. The summed E-state index contributed by atoms with van der Waals surface area (Å²) in [4.78, 5) is 0.158. The Morgan fingerprint density at radius 1 is 1.42 bits per heavy atom. The highest BCUT2D eigenvalue weighted by atomic mass is 79.9. The van der Waals surface area contributed by atoms with Crippen molar-refractivity contribution in [2.75, 3.05) is 6.54 Å². The summed E-state index contributed by atoms with van der Waals surface area (Å²) in [5, 5.41) is 11.5. The summed E-state index contributed by atoms with van der Waals surface area (Å²) in [7, 11) is -3.61. The first kappa shape index (κ1) is 15.9. The van der Waals surface area contributed by atoms with Crippen molar-refractivity contribution in [3.8, 4) is 0 Å². The van der Waals surface area contributed by atoms with Gasteiger partial charge in [0.15, 0.2) is 0 Å². The van der Waals surface area contributed by atoms with Gasteiger partial charge in [-0.2, -0.15) is 0 Å². The van der Waals surface area contributed by atoms with Crippen LogP contribution in [0.5, 0.6) is 0 Å². The smallest absolute Gasteiger partial charge is 0.240 e. The molecule has 1 aromatic carbocycles. The van der Waals surface area contributed by atoms with Gasteiger partial charge in [-0.1, -0.05) is 34.9 Å². The molecule has 0 bridgehead atoms. The fourth-order valence-corrected chi connectivity index (χ4v) is 2.67. The Morgan fingerprint density at radius 3 is 2.42 bits per heavy atom. The van der Waals surface area contributed by atoms with E-state index >= 15 is 0 Å². The second-order valence-corrected chi connectivity index (χ2v) is 7.33. The van der Waals surface area contributed by atoms with Crippen LogP contribution in [0.3, 0.4) is 0 Å². The van der Waals surface area contributed by atoms with E-state index < -0.39 is 15.4 Å². The van der Waals surface area contributed by atoms with Gasteiger partial charge >= 0.3 is 0 Å². The molecule has 0 heterocycles. The molecule has 0 saturated carbocycles. The van der Waals surface area contributed by atoms with E-state index in [9.17, 15) is 8.42 Å². The minimum atomic E-state index is -3.61. The lowest BCUT2D eigenvalue weighted by Gasteiger charge is -2.23. The minimum Gasteiger partial charge on any atom is -0.409 e. The van der Waals surface area contributed by atoms with Gasteiger partial charge in [-0.25, -0.2) is 13.1 Å². The maximum Gasteiger partial charge on any atom is 0.240 e. The van der Waals surface area contributed by atoms with Crippen LogP contribution in [-0.2, 0) is 10.0 Å². The van der Waals surface area contributed by atoms with Crippen LogP contribution in [0.25, 0.3) is 0 Å². The third-order valence-corrected chi connectivity index (χ3v) is 4.58. The molecular weight excluding hydrogens is 334 g/mol. The SMILES string of the molecule is CC(C)(CNS(=O)(=O)c1ccc(Br)cc1)/C(N)=N/O. The molecule has 0 aliphatic heterocycles. The Hall–Kier alpha value is -1.12. The predicted octanol–water partition coefficient (Wildman–Crippen LogP) is 1.50. The maximum atomic E-state index is 12.0. The standard InChI is InChI=1S/C11H16BrN3O3S/c1-11(2,10(13)15-16)7-14-19(17,18)9-5-3-8(12)4-6-9/h3-6,14,16H,7H2,1-2H3,(H2,13,15). The highest BCUT2D eigenvalue weighted by molar-refractivity contribution is 9.10. The number of nitrogens with two attached hydrogens (primary N) is 1. The van der Waals surface area contributed by atoms with Gasteiger partial charge in [0.1, 0.15) is 5.84 Å². The molecule has 0 amide bonds. The number of benzene rings is 1. The van der Waals surface area contributed by atoms with Gasteiger partial charge in [-0.15, -0.1) is 0 Å². The third-order valence-electron chi connectivity index (χ3n) is 2.63. The molecule has 19 heavy (non-hydrogen) atoms. The number of amidine groups is 1. The van der Waals surface area contributed by atoms with Crippen LogP contribution in [0.15, 0.2) is 38.8 Å². The van der Waals surface area contributed by atoms with Crippen molar-refractivity contribution in [1.82, 2.24) is 4.72 Å². The lowest BCUT2D eigenvalue weighted by atomic mass is 9.93. The van der Waals surface area contributed by atoms with Crippen LogP contribution >= 0.6 is 15.9 Å². The van der Waals surface area contributed by atoms with Crippen LogP contribution in [-0.4, -0.2) is 26.0 Å². The van der Waals surface area contributed by atoms with E-state index in [2.05, 4.69) is 25.8 Å². The molecule has 0 saturated heterocycles. The first-order valence-corrected chi connectivity index (χ1v) is 7.70. The summed E-state index contributed by atoms with van der Waals surface area (Å²) in [6, 6.07) is 6.26. The van der Waals surface area contributed by atoms with E-state index in [0.29, 0.717) is 0 Å². The molecule has 0 fully saturated rings. The second kappa shape index (κ2) is 5.89. The molecule has 4 N–H and O–H groups in total. The molecule has 1 rings (SSSR count). The minimum absolute atomic E-state index is 0.0291. The highest BCUT2D eigenvalue weighted by Crippen LogP contribution is 2.17. The van der Waals surface area contributed by atoms with E-state index in [-0.39, 0.29) is 17.3 Å². The number of sulfonamides is 1. The van der Waals surface area contributed by atoms with Crippen LogP contribution in [0.1, 0.15) is 13.8 Å². The first-order chi connectivity index (χ1) is 8.69. The Bertz CT molecular complexity index is 567. The Kier molecular flexibility index (Phi) is 4.94. The van der Waals surface area contributed by atoms with Crippen molar-refractivity contribution in [2.45, 2.75) is 18.7 Å². The number of rotatable bonds is 5. The number of oxime groups is 1. The highest BCUT2D eigenvalue weighted by Gasteiger charge is 2.26. The van der Waals surface area contributed by atoms with E-state index in [0.717, 1.165) is 4.47 Å². The summed E-state index contributed by atoms with van der Waals surface area (Å²) in [5.41, 5.74) is 4.72. The van der Waals surface area contributed by atoms with Crippen LogP contribution in [0, 0.1) is 5.41 Å². The van der Waals surface area contributed by atoms with Crippen LogP contribution in [0.4, 0.5) is 0 Å². The molecule has 0 radical (unpaired) electrons. The lowest BCUT2D eigenvalue weighted by molar-refractivity contribution is 0.307. The van der Waals surface area contributed by atoms with E-state index in [4.69, 9.17) is 10.9 Å². The lowest BCUT2D eigenvalue weighted by Crippen LogP contribution is -2.42. The zero-order chi connectivity index (χ0) is 14.7. The van der Waals surface area contributed by atoms with E-state index in [1.54, 1.807) is 26.0 Å². The Labute approximate surface area is 120 Å². The van der Waals surface area contributed by atoms with Crippen LogP contribution < -0.4 is 10.5 Å². The van der Waals surface area contributed by atoms with Gasteiger partial charge < -0.3 is 10.9 Å². The molecule has 6 nitrogen and oxygen atoms in total. The summed E-state index contributed by atoms with van der Waals surface area (Å²) in [5.74, 6) is -0.0361. The zero-order valence-electron chi connectivity index (χ0n) is 10.6. The van der Waals surface area contributed by atoms with Gasteiger partial charge in [-0.3, -0.25) is 0 Å². The van der Waals surface area contributed by atoms with Crippen molar-refractivity contribution in [2.24, 2.45) is 16.3 Å². The average Bonchev–Trinajstić information content (AvgIpc) is 2.36. The third kappa shape index (κ3) is 4.19. The molecule has 0 atom stereocenters. The van der Waals surface area contributed by atoms with Gasteiger partial charge in [0, 0.05) is 16.4 Å². The first-order valence-electron chi connectivity index (χ1n) is 5.42. The number of nitrogens with zero attached hydrogens (tertiary/aromatic N) is 1. The van der Waals surface area contributed by atoms with Crippen molar-refractivity contribution >= 4 is 31.8 Å². The van der Waals surface area contributed by atoms with Gasteiger partial charge in [0.05, 0.1) is 4.90 Å². The normalized spacial score (nSPS) is 13.5. The summed E-state index contributed by atoms with van der Waals surface area (Å²) < 4.78 is 27.3. The van der Waals surface area contributed by atoms with Crippen molar-refractivity contribution in [1.29, 1.82) is 0 Å². The van der Waals surface area contributed by atoms with Crippen LogP contribution in [0.2, 0.25) is 0 Å². The fourth-order valence-electron chi connectivity index (χ4n) is 1.20. The van der Waals surface area contributed by atoms with Gasteiger partial charge in [0.2, 0.25) is 10.0 Å². The maximum absolute atomic E-state index is 12.0. The molecule has 8 heteroatoms. The Morgan fingerprint density at radius 2 is 1.95 bits per heavy atom. The fraction of sp³-hybridized carbons (Fsp3) is 0.364. The number of halogens is 1. The molecule has 0 aromatic heterocycles. The number of hydrogen-bond acceptors (Lipinski definition) is 4. The molecule has 1 aromatic rings. The summed E-state index contributed by atoms with van der Waals surface area (Å²) in [6.45, 7) is 3.37. The van der Waals surface area contributed by atoms with E-state index in [1.165, 1.54) is 12.1 Å². The molecule has 0 unspecified atom stereocenters. The summed E-state index contributed by atoms with van der Waals surface area (Å²) >= 11 is 3.24. The molecule has 0 aliphatic rings. The van der Waals surface area contributed by atoms with E-state index in [1.807, 2.05) is 0 Å². The average molecular weight is 350 g/mol. The van der Waals surface area contributed by atoms with Crippen molar-refractivity contribution in [3.05, 3.63) is 28.7 Å². The quantitative estimate of drug-likeness (QED) is 0.324. The molecule has 106 valence electrons. The topological polar surface area (TPSA) is 105 Å². The molecular formula is C11H16BrN3O3S. The molecule has 0 spiro atoms. The van der Waals surface area contributed by atoms with Crippen molar-refractivity contribution < 1.29 is 13.6 Å². The Balaban J connectivity index is 2.85. The number of nitrogens with one attached hydrogen (secondary N) is 1. The zero-order valence-corrected chi connectivity index (χ0v) is 13.0. The second-order valence-electron chi connectivity index (χ2n) is 4.65. The predicted molar refractivity (Wildman–Crippen MR) is 76.5 cm³/mol. The van der Waals surface area contributed by atoms with Gasteiger partial charge in [0.25, 0.3) is 0 Å². The summed E-state index contributed by atoms with van der Waals surface area (Å²) in [6.07, 6.45) is 0. The van der Waals surface area contributed by atoms with Gasteiger partial charge in [-0.05, 0) is 24.3 Å².